The number of nitrogens with one attached hydrogen (secondary N) is 3. The molecule has 18 heavy (non-hydrogen) atoms. The second kappa shape index (κ2) is 5.86. The Balaban J connectivity index is 1.90. The minimum atomic E-state index is -0.0485. The lowest BCUT2D eigenvalue weighted by atomic mass is 10.2. The van der Waals surface area contributed by atoms with Crippen molar-refractivity contribution in [2.45, 2.75) is 13.3 Å². The Hall–Kier alpha value is -2.30. The van der Waals surface area contributed by atoms with Crippen LogP contribution in [0.4, 0.5) is 11.5 Å². The molecule has 0 aliphatic heterocycles. The maximum Gasteiger partial charge on any atom is 0.228 e. The lowest BCUT2D eigenvalue weighted by Gasteiger charge is -2.06. The van der Waals surface area contributed by atoms with Crippen LogP contribution in [0, 0.1) is 0 Å². The molecular formula is C13H16N4O. The van der Waals surface area contributed by atoms with E-state index in [0.29, 0.717) is 12.1 Å². The second-order valence-corrected chi connectivity index (χ2v) is 3.91. The van der Waals surface area contributed by atoms with Gasteiger partial charge < -0.3 is 15.6 Å². The summed E-state index contributed by atoms with van der Waals surface area (Å²) in [6.45, 7) is 2.83. The number of anilines is 2. The van der Waals surface area contributed by atoms with Crippen molar-refractivity contribution in [3.8, 4) is 0 Å². The van der Waals surface area contributed by atoms with Gasteiger partial charge in [-0.05, 0) is 30.7 Å². The number of carbonyl (C=O) groups is 1. The Kier molecular flexibility index (Phi) is 3.96. The molecule has 5 heteroatoms. The lowest BCUT2D eigenvalue weighted by Crippen LogP contribution is -2.14. The van der Waals surface area contributed by atoms with E-state index in [1.54, 1.807) is 12.4 Å². The van der Waals surface area contributed by atoms with Crippen molar-refractivity contribution in [2.24, 2.45) is 0 Å². The summed E-state index contributed by atoms with van der Waals surface area (Å²) in [5.41, 5.74) is 1.67. The Morgan fingerprint density at radius 2 is 2.28 bits per heavy atom. The normalized spacial score (nSPS) is 10.1. The van der Waals surface area contributed by atoms with Crippen LogP contribution in [0.5, 0.6) is 0 Å². The van der Waals surface area contributed by atoms with Gasteiger partial charge in [0.25, 0.3) is 0 Å². The molecule has 2 aromatic rings. The van der Waals surface area contributed by atoms with Gasteiger partial charge in [-0.2, -0.15) is 0 Å². The molecule has 94 valence electrons. The number of rotatable bonds is 5. The molecule has 2 aromatic heterocycles. The quantitative estimate of drug-likeness (QED) is 0.753. The van der Waals surface area contributed by atoms with Gasteiger partial charge in [0, 0.05) is 18.9 Å². The molecule has 0 aromatic carbocycles. The number of amides is 1. The van der Waals surface area contributed by atoms with Crippen LogP contribution in [0.3, 0.4) is 0 Å². The highest BCUT2D eigenvalue weighted by Gasteiger charge is 2.04. The molecule has 2 rings (SSSR count). The van der Waals surface area contributed by atoms with Crippen LogP contribution in [-0.2, 0) is 11.2 Å². The molecule has 0 saturated heterocycles. The van der Waals surface area contributed by atoms with E-state index in [0.717, 1.165) is 17.9 Å². The number of nitrogens with zero attached hydrogens (tertiary/aromatic N) is 1. The highest BCUT2D eigenvalue weighted by molar-refractivity contribution is 5.92. The Bertz CT molecular complexity index is 490. The van der Waals surface area contributed by atoms with Gasteiger partial charge in [-0.1, -0.05) is 0 Å². The van der Waals surface area contributed by atoms with E-state index in [9.17, 15) is 4.79 Å². The van der Waals surface area contributed by atoms with E-state index in [4.69, 9.17) is 0 Å². The first-order valence-electron chi connectivity index (χ1n) is 5.89. The fourth-order valence-electron chi connectivity index (χ4n) is 1.61. The summed E-state index contributed by atoms with van der Waals surface area (Å²) in [5.74, 6) is 0.758. The van der Waals surface area contributed by atoms with Gasteiger partial charge >= 0.3 is 0 Å². The Labute approximate surface area is 106 Å². The number of H-pyrrole nitrogens is 1. The van der Waals surface area contributed by atoms with Crippen molar-refractivity contribution in [1.82, 2.24) is 9.97 Å². The lowest BCUT2D eigenvalue weighted by molar-refractivity contribution is -0.115. The molecule has 3 N–H and O–H groups in total. The largest absolute Gasteiger partial charge is 0.370 e. The molecule has 0 bridgehead atoms. The zero-order valence-electron chi connectivity index (χ0n) is 10.2. The van der Waals surface area contributed by atoms with Gasteiger partial charge in [0.2, 0.25) is 5.91 Å². The van der Waals surface area contributed by atoms with Crippen molar-refractivity contribution >= 4 is 17.4 Å². The van der Waals surface area contributed by atoms with Crippen LogP contribution in [-0.4, -0.2) is 22.4 Å². The van der Waals surface area contributed by atoms with Gasteiger partial charge in [0.15, 0.2) is 0 Å². The number of carbonyl (C=O) groups excluding carboxylic acids is 1. The maximum absolute atomic E-state index is 11.7. The summed E-state index contributed by atoms with van der Waals surface area (Å²) >= 11 is 0. The minimum Gasteiger partial charge on any atom is -0.370 e. The molecule has 0 radical (unpaired) electrons. The fraction of sp³-hybridized carbons (Fsp3) is 0.231. The molecule has 0 saturated carbocycles. The smallest absolute Gasteiger partial charge is 0.228 e. The molecular weight excluding hydrogens is 228 g/mol. The SMILES string of the molecule is CCNc1ccc(NC(=O)Cc2cc[nH]c2)cn1. The Morgan fingerprint density at radius 1 is 1.39 bits per heavy atom. The van der Waals surface area contributed by atoms with Crippen LogP contribution >= 0.6 is 0 Å². The van der Waals surface area contributed by atoms with E-state index in [2.05, 4.69) is 20.6 Å². The zero-order valence-corrected chi connectivity index (χ0v) is 10.2. The molecule has 5 nitrogen and oxygen atoms in total. The van der Waals surface area contributed by atoms with Crippen LogP contribution in [0.1, 0.15) is 12.5 Å². The van der Waals surface area contributed by atoms with Gasteiger partial charge in [-0.15, -0.1) is 0 Å². The minimum absolute atomic E-state index is 0.0485. The average Bonchev–Trinajstić information content (AvgIpc) is 2.84. The monoisotopic (exact) mass is 244 g/mol. The van der Waals surface area contributed by atoms with Crippen molar-refractivity contribution < 1.29 is 4.79 Å². The van der Waals surface area contributed by atoms with Gasteiger partial charge in [0.05, 0.1) is 18.3 Å². The summed E-state index contributed by atoms with van der Waals surface area (Å²) in [6, 6.07) is 5.56. The first-order valence-corrected chi connectivity index (χ1v) is 5.89. The van der Waals surface area contributed by atoms with E-state index < -0.39 is 0 Å². The van der Waals surface area contributed by atoms with Crippen molar-refractivity contribution in [1.29, 1.82) is 0 Å². The van der Waals surface area contributed by atoms with Crippen molar-refractivity contribution in [2.75, 3.05) is 17.2 Å². The van der Waals surface area contributed by atoms with E-state index in [1.165, 1.54) is 0 Å². The number of hydrogen-bond donors (Lipinski definition) is 3. The topological polar surface area (TPSA) is 69.8 Å². The first-order chi connectivity index (χ1) is 8.78. The summed E-state index contributed by atoms with van der Waals surface area (Å²) in [7, 11) is 0. The van der Waals surface area contributed by atoms with Crippen LogP contribution in [0.15, 0.2) is 36.8 Å². The fourth-order valence-corrected chi connectivity index (χ4v) is 1.61. The third-order valence-electron chi connectivity index (χ3n) is 2.43. The molecule has 0 fully saturated rings. The van der Waals surface area contributed by atoms with Gasteiger partial charge in [0.1, 0.15) is 5.82 Å². The van der Waals surface area contributed by atoms with Gasteiger partial charge in [-0.3, -0.25) is 4.79 Å². The predicted octanol–water partition coefficient (Wildman–Crippen LogP) is 2.02. The van der Waals surface area contributed by atoms with Crippen molar-refractivity contribution in [3.63, 3.8) is 0 Å². The van der Waals surface area contributed by atoms with E-state index in [1.807, 2.05) is 31.3 Å². The van der Waals surface area contributed by atoms with Crippen molar-refractivity contribution in [3.05, 3.63) is 42.4 Å². The zero-order chi connectivity index (χ0) is 12.8. The number of pyridine rings is 1. The standard InChI is InChI=1S/C13H16N4O/c1-2-15-12-4-3-11(9-16-12)17-13(18)7-10-5-6-14-8-10/h3-6,8-9,14H,2,7H2,1H3,(H,15,16)(H,17,18). The van der Waals surface area contributed by atoms with Crippen LogP contribution in [0.25, 0.3) is 0 Å². The molecule has 0 spiro atoms. The molecule has 0 atom stereocenters. The third kappa shape index (κ3) is 3.35. The summed E-state index contributed by atoms with van der Waals surface area (Å²) < 4.78 is 0. The average molecular weight is 244 g/mol. The summed E-state index contributed by atoms with van der Waals surface area (Å²) in [4.78, 5) is 18.8. The highest BCUT2D eigenvalue weighted by Crippen LogP contribution is 2.10. The number of hydrogen-bond acceptors (Lipinski definition) is 3. The van der Waals surface area contributed by atoms with Crippen LogP contribution in [0.2, 0.25) is 0 Å². The predicted molar refractivity (Wildman–Crippen MR) is 71.5 cm³/mol. The van der Waals surface area contributed by atoms with E-state index in [-0.39, 0.29) is 5.91 Å². The third-order valence-corrected chi connectivity index (χ3v) is 2.43. The van der Waals surface area contributed by atoms with E-state index >= 15 is 0 Å². The molecule has 0 unspecified atom stereocenters. The van der Waals surface area contributed by atoms with Gasteiger partial charge in [-0.25, -0.2) is 4.98 Å². The second-order valence-electron chi connectivity index (χ2n) is 3.91. The molecule has 1 amide bonds. The Morgan fingerprint density at radius 3 is 2.89 bits per heavy atom. The maximum atomic E-state index is 11.7. The molecule has 0 aliphatic carbocycles. The molecule has 0 aliphatic rings. The summed E-state index contributed by atoms with van der Waals surface area (Å²) in [6.07, 6.45) is 5.62. The molecule has 2 heterocycles. The number of aromatic amines is 1. The summed E-state index contributed by atoms with van der Waals surface area (Å²) in [5, 5.41) is 5.90. The highest BCUT2D eigenvalue weighted by atomic mass is 16.1. The van der Waals surface area contributed by atoms with Crippen LogP contribution < -0.4 is 10.6 Å². The first kappa shape index (κ1) is 12.2. The number of aromatic nitrogens is 2.